The number of amides is 1. The van der Waals surface area contributed by atoms with Crippen LogP contribution in [0.4, 0.5) is 0 Å². The molecule has 16 heavy (non-hydrogen) atoms. The van der Waals surface area contributed by atoms with Gasteiger partial charge in [-0.05, 0) is 58.9 Å². The third-order valence-corrected chi connectivity index (χ3v) is 4.06. The van der Waals surface area contributed by atoms with Gasteiger partial charge in [0.1, 0.15) is 0 Å². The maximum Gasteiger partial charge on any atom is 0.240 e. The number of likely N-dealkylation sites (tertiary alicyclic amines) is 1. The van der Waals surface area contributed by atoms with E-state index in [4.69, 9.17) is 0 Å². The molecule has 0 aromatic heterocycles. The highest BCUT2D eigenvalue weighted by Crippen LogP contribution is 2.35. The fourth-order valence-corrected chi connectivity index (χ4v) is 2.65. The van der Waals surface area contributed by atoms with Crippen LogP contribution in [0.3, 0.4) is 0 Å². The van der Waals surface area contributed by atoms with Crippen LogP contribution < -0.4 is 5.32 Å². The van der Waals surface area contributed by atoms with Gasteiger partial charge < -0.3 is 10.2 Å². The molecule has 3 heteroatoms. The van der Waals surface area contributed by atoms with E-state index in [-0.39, 0.29) is 11.6 Å². The molecule has 0 bridgehead atoms. The first-order valence-corrected chi connectivity index (χ1v) is 6.53. The van der Waals surface area contributed by atoms with Crippen LogP contribution in [0.1, 0.15) is 46.0 Å². The Morgan fingerprint density at radius 2 is 2.06 bits per heavy atom. The summed E-state index contributed by atoms with van der Waals surface area (Å²) in [6.07, 6.45) is 5.88. The van der Waals surface area contributed by atoms with Crippen molar-refractivity contribution in [1.82, 2.24) is 10.2 Å². The van der Waals surface area contributed by atoms with Gasteiger partial charge in [-0.15, -0.1) is 0 Å². The average Bonchev–Trinajstić information content (AvgIpc) is 3.03. The highest BCUT2D eigenvalue weighted by molar-refractivity contribution is 5.83. The van der Waals surface area contributed by atoms with E-state index >= 15 is 0 Å². The molecule has 1 amide bonds. The van der Waals surface area contributed by atoms with E-state index in [1.54, 1.807) is 0 Å². The van der Waals surface area contributed by atoms with Crippen molar-refractivity contribution in [3.63, 3.8) is 0 Å². The smallest absolute Gasteiger partial charge is 0.240 e. The minimum absolute atomic E-state index is 0.0422. The average molecular weight is 224 g/mol. The monoisotopic (exact) mass is 224 g/mol. The van der Waals surface area contributed by atoms with Gasteiger partial charge in [0, 0.05) is 12.1 Å². The minimum atomic E-state index is 0.0422. The Morgan fingerprint density at radius 3 is 2.62 bits per heavy atom. The van der Waals surface area contributed by atoms with Crippen molar-refractivity contribution in [3.8, 4) is 0 Å². The molecule has 1 saturated carbocycles. The lowest BCUT2D eigenvalue weighted by atomic mass is 9.96. The van der Waals surface area contributed by atoms with Crippen LogP contribution in [0, 0.1) is 5.92 Å². The van der Waals surface area contributed by atoms with Gasteiger partial charge in [-0.2, -0.15) is 0 Å². The number of carbonyl (C=O) groups is 1. The molecule has 1 heterocycles. The summed E-state index contributed by atoms with van der Waals surface area (Å²) in [6, 6.07) is 0.0422. The highest BCUT2D eigenvalue weighted by Gasteiger charge is 2.39. The van der Waals surface area contributed by atoms with Gasteiger partial charge in [-0.3, -0.25) is 4.79 Å². The van der Waals surface area contributed by atoms with E-state index in [9.17, 15) is 4.79 Å². The standard InChI is InChI=1S/C13H24N2O/c1-13(2)8-4-5-11(14-3)12(16)15(13)9-10-6-7-10/h10-11,14H,4-9H2,1-3H3. The Bertz CT molecular complexity index is 271. The van der Waals surface area contributed by atoms with Crippen molar-refractivity contribution in [2.45, 2.75) is 57.5 Å². The number of carbonyl (C=O) groups excluding carboxylic acids is 1. The van der Waals surface area contributed by atoms with E-state index in [0.717, 1.165) is 31.7 Å². The minimum Gasteiger partial charge on any atom is -0.336 e. The van der Waals surface area contributed by atoms with E-state index in [0.29, 0.717) is 5.91 Å². The van der Waals surface area contributed by atoms with Gasteiger partial charge >= 0.3 is 0 Å². The zero-order chi connectivity index (χ0) is 11.8. The summed E-state index contributed by atoms with van der Waals surface area (Å²) < 4.78 is 0. The summed E-state index contributed by atoms with van der Waals surface area (Å²) in [5.74, 6) is 1.09. The van der Waals surface area contributed by atoms with Crippen molar-refractivity contribution in [2.75, 3.05) is 13.6 Å². The molecule has 2 aliphatic rings. The predicted molar refractivity (Wildman–Crippen MR) is 65.2 cm³/mol. The lowest BCUT2D eigenvalue weighted by molar-refractivity contribution is -0.138. The summed E-state index contributed by atoms with van der Waals surface area (Å²) in [5.41, 5.74) is 0.0469. The summed E-state index contributed by atoms with van der Waals surface area (Å²) in [6.45, 7) is 5.40. The second-order valence-corrected chi connectivity index (χ2v) is 5.94. The zero-order valence-electron chi connectivity index (χ0n) is 10.8. The summed E-state index contributed by atoms with van der Waals surface area (Å²) >= 11 is 0. The van der Waals surface area contributed by atoms with Crippen LogP contribution in [-0.2, 0) is 4.79 Å². The number of hydrogen-bond acceptors (Lipinski definition) is 2. The molecule has 1 saturated heterocycles. The van der Waals surface area contributed by atoms with Gasteiger partial charge in [0.2, 0.25) is 5.91 Å². The van der Waals surface area contributed by atoms with Crippen molar-refractivity contribution >= 4 is 5.91 Å². The lowest BCUT2D eigenvalue weighted by Crippen LogP contribution is -2.52. The molecule has 1 atom stereocenters. The fourth-order valence-electron chi connectivity index (χ4n) is 2.65. The Balaban J connectivity index is 2.13. The van der Waals surface area contributed by atoms with E-state index in [1.807, 2.05) is 7.05 Å². The topological polar surface area (TPSA) is 32.3 Å². The third-order valence-electron chi connectivity index (χ3n) is 4.06. The summed E-state index contributed by atoms with van der Waals surface area (Å²) in [7, 11) is 1.90. The molecule has 0 spiro atoms. The normalized spacial score (nSPS) is 30.3. The number of nitrogens with zero attached hydrogens (tertiary/aromatic N) is 1. The molecule has 1 aliphatic heterocycles. The van der Waals surface area contributed by atoms with Gasteiger partial charge in [-0.1, -0.05) is 0 Å². The predicted octanol–water partition coefficient (Wildman–Crippen LogP) is 1.78. The quantitative estimate of drug-likeness (QED) is 0.792. The Kier molecular flexibility index (Phi) is 3.24. The second-order valence-electron chi connectivity index (χ2n) is 5.94. The maximum atomic E-state index is 12.4. The van der Waals surface area contributed by atoms with Crippen LogP contribution in [0.15, 0.2) is 0 Å². The molecular formula is C13H24N2O. The van der Waals surface area contributed by atoms with E-state index in [1.165, 1.54) is 12.8 Å². The summed E-state index contributed by atoms with van der Waals surface area (Å²) in [5, 5.41) is 3.16. The molecular weight excluding hydrogens is 200 g/mol. The molecule has 2 fully saturated rings. The fraction of sp³-hybridized carbons (Fsp3) is 0.923. The summed E-state index contributed by atoms with van der Waals surface area (Å²) in [4.78, 5) is 14.6. The molecule has 92 valence electrons. The van der Waals surface area contributed by atoms with Gasteiger partial charge in [0.25, 0.3) is 0 Å². The number of likely N-dealkylation sites (N-methyl/N-ethyl adjacent to an activating group) is 1. The largest absolute Gasteiger partial charge is 0.336 e. The first kappa shape index (κ1) is 11.9. The van der Waals surface area contributed by atoms with Crippen molar-refractivity contribution < 1.29 is 4.79 Å². The molecule has 0 aromatic rings. The Labute approximate surface area is 98.6 Å². The van der Waals surface area contributed by atoms with Crippen LogP contribution in [0.2, 0.25) is 0 Å². The Hall–Kier alpha value is -0.570. The first-order chi connectivity index (χ1) is 7.54. The first-order valence-electron chi connectivity index (χ1n) is 6.53. The van der Waals surface area contributed by atoms with Crippen molar-refractivity contribution in [3.05, 3.63) is 0 Å². The van der Waals surface area contributed by atoms with E-state index in [2.05, 4.69) is 24.1 Å². The SMILES string of the molecule is CNC1CCCC(C)(C)N(CC2CC2)C1=O. The zero-order valence-corrected chi connectivity index (χ0v) is 10.8. The van der Waals surface area contributed by atoms with Crippen LogP contribution in [0.5, 0.6) is 0 Å². The van der Waals surface area contributed by atoms with Crippen LogP contribution in [0.25, 0.3) is 0 Å². The molecule has 3 nitrogen and oxygen atoms in total. The van der Waals surface area contributed by atoms with Gasteiger partial charge in [-0.25, -0.2) is 0 Å². The van der Waals surface area contributed by atoms with Crippen molar-refractivity contribution in [1.29, 1.82) is 0 Å². The van der Waals surface area contributed by atoms with Gasteiger partial charge in [0.05, 0.1) is 6.04 Å². The van der Waals surface area contributed by atoms with Crippen LogP contribution >= 0.6 is 0 Å². The van der Waals surface area contributed by atoms with Gasteiger partial charge in [0.15, 0.2) is 0 Å². The molecule has 1 unspecified atom stereocenters. The van der Waals surface area contributed by atoms with E-state index < -0.39 is 0 Å². The number of nitrogens with one attached hydrogen (secondary N) is 1. The molecule has 1 N–H and O–H groups in total. The maximum absolute atomic E-state index is 12.4. The van der Waals surface area contributed by atoms with Crippen molar-refractivity contribution in [2.24, 2.45) is 5.92 Å². The molecule has 0 aromatic carbocycles. The van der Waals surface area contributed by atoms with Crippen LogP contribution in [-0.4, -0.2) is 36.0 Å². The number of rotatable bonds is 3. The number of hydrogen-bond donors (Lipinski definition) is 1. The highest BCUT2D eigenvalue weighted by atomic mass is 16.2. The molecule has 2 rings (SSSR count). The third kappa shape index (κ3) is 2.40. The second kappa shape index (κ2) is 4.36. The lowest BCUT2D eigenvalue weighted by Gasteiger charge is -2.38. The molecule has 0 radical (unpaired) electrons. The Morgan fingerprint density at radius 1 is 1.38 bits per heavy atom. The molecule has 1 aliphatic carbocycles.